The Morgan fingerprint density at radius 3 is 2.72 bits per heavy atom. The summed E-state index contributed by atoms with van der Waals surface area (Å²) in [7, 11) is 0. The zero-order valence-corrected chi connectivity index (χ0v) is 17.5. The zero-order valence-electron chi connectivity index (χ0n) is 16.7. The maximum Gasteiger partial charge on any atom is 0.268 e. The van der Waals surface area contributed by atoms with Gasteiger partial charge in [0.25, 0.3) is 5.91 Å². The Hall–Kier alpha value is -2.80. The second-order valence-electron chi connectivity index (χ2n) is 6.82. The van der Waals surface area contributed by atoms with Crippen molar-refractivity contribution in [2.75, 3.05) is 23.0 Å². The van der Waals surface area contributed by atoms with Crippen molar-refractivity contribution in [1.82, 2.24) is 0 Å². The number of thioether (sulfide) groups is 1. The van der Waals surface area contributed by atoms with Gasteiger partial charge in [-0.3, -0.25) is 19.3 Å². The van der Waals surface area contributed by atoms with E-state index >= 15 is 0 Å². The van der Waals surface area contributed by atoms with Gasteiger partial charge in [-0.2, -0.15) is 0 Å². The van der Waals surface area contributed by atoms with E-state index in [0.29, 0.717) is 29.1 Å². The first-order valence-corrected chi connectivity index (χ1v) is 10.7. The number of hydrogen-bond donors (Lipinski definition) is 1. The Labute approximate surface area is 174 Å². The molecule has 1 atom stereocenters. The van der Waals surface area contributed by atoms with Crippen LogP contribution in [0.1, 0.15) is 37.0 Å². The van der Waals surface area contributed by atoms with Crippen LogP contribution in [0.15, 0.2) is 47.4 Å². The van der Waals surface area contributed by atoms with Crippen LogP contribution in [0.25, 0.3) is 0 Å². The summed E-state index contributed by atoms with van der Waals surface area (Å²) in [5.41, 5.74) is 1.63. The molecule has 0 aromatic heterocycles. The van der Waals surface area contributed by atoms with Gasteiger partial charge in [-0.05, 0) is 56.0 Å². The molecule has 3 rings (SSSR count). The molecule has 0 bridgehead atoms. The maximum absolute atomic E-state index is 12.7. The van der Waals surface area contributed by atoms with Gasteiger partial charge < -0.3 is 10.1 Å². The summed E-state index contributed by atoms with van der Waals surface area (Å²) in [4.78, 5) is 40.1. The van der Waals surface area contributed by atoms with Crippen LogP contribution in [0, 0.1) is 0 Å². The van der Waals surface area contributed by atoms with Crippen molar-refractivity contribution in [2.24, 2.45) is 0 Å². The number of nitrogens with one attached hydrogen (secondary N) is 1. The van der Waals surface area contributed by atoms with Crippen molar-refractivity contribution >= 4 is 40.7 Å². The van der Waals surface area contributed by atoms with Gasteiger partial charge in [0.2, 0.25) is 5.91 Å². The topological polar surface area (TPSA) is 75.7 Å². The van der Waals surface area contributed by atoms with Crippen molar-refractivity contribution < 1.29 is 19.1 Å². The summed E-state index contributed by atoms with van der Waals surface area (Å²) in [5, 5.41) is 2.83. The molecule has 1 unspecified atom stereocenters. The summed E-state index contributed by atoms with van der Waals surface area (Å²) < 4.78 is 5.66. The summed E-state index contributed by atoms with van der Waals surface area (Å²) in [6.07, 6.45) is 2.43. The Bertz CT molecular complexity index is 944. The lowest BCUT2D eigenvalue weighted by Gasteiger charge is -2.32. The molecule has 1 aliphatic heterocycles. The Kier molecular flexibility index (Phi) is 6.59. The van der Waals surface area contributed by atoms with Crippen molar-refractivity contribution in [3.63, 3.8) is 0 Å². The highest BCUT2D eigenvalue weighted by Gasteiger charge is 2.33. The van der Waals surface area contributed by atoms with Crippen LogP contribution in [0.4, 0.5) is 11.4 Å². The minimum atomic E-state index is -0.702. The molecule has 7 heteroatoms. The summed E-state index contributed by atoms with van der Waals surface area (Å²) in [5.74, 6) is -0.144. The molecular weight excluding hydrogens is 388 g/mol. The first kappa shape index (κ1) is 20.9. The average molecular weight is 413 g/mol. The quantitative estimate of drug-likeness (QED) is 0.546. The van der Waals surface area contributed by atoms with Crippen LogP contribution in [-0.4, -0.2) is 36.5 Å². The molecule has 2 amide bonds. The number of fused-ring (bicyclic) bond motifs is 1. The largest absolute Gasteiger partial charge is 0.479 e. The molecule has 2 aromatic carbocycles. The van der Waals surface area contributed by atoms with Gasteiger partial charge in [0, 0.05) is 22.6 Å². The van der Waals surface area contributed by atoms with E-state index in [0.717, 1.165) is 11.3 Å². The number of ketones is 1. The predicted octanol–water partition coefficient (Wildman–Crippen LogP) is 4.14. The van der Waals surface area contributed by atoms with Crippen molar-refractivity contribution in [2.45, 2.75) is 37.7 Å². The van der Waals surface area contributed by atoms with E-state index < -0.39 is 6.10 Å². The van der Waals surface area contributed by atoms with E-state index in [-0.39, 0.29) is 24.1 Å². The highest BCUT2D eigenvalue weighted by atomic mass is 32.2. The van der Waals surface area contributed by atoms with Gasteiger partial charge in [0.1, 0.15) is 12.3 Å². The zero-order chi connectivity index (χ0) is 21.0. The van der Waals surface area contributed by atoms with Crippen LogP contribution < -0.4 is 15.0 Å². The Balaban J connectivity index is 1.84. The fourth-order valence-electron chi connectivity index (χ4n) is 3.16. The monoisotopic (exact) mass is 412 g/mol. The van der Waals surface area contributed by atoms with E-state index in [2.05, 4.69) is 5.32 Å². The van der Waals surface area contributed by atoms with Crippen LogP contribution >= 0.6 is 11.8 Å². The molecule has 6 nitrogen and oxygen atoms in total. The van der Waals surface area contributed by atoms with Crippen LogP contribution in [0.5, 0.6) is 5.75 Å². The smallest absolute Gasteiger partial charge is 0.268 e. The lowest BCUT2D eigenvalue weighted by atomic mass is 10.0. The number of carbonyl (C=O) groups excluding carboxylic acids is 3. The number of ether oxygens (including phenoxy) is 1. The highest BCUT2D eigenvalue weighted by Crippen LogP contribution is 2.35. The second kappa shape index (κ2) is 9.13. The minimum absolute atomic E-state index is 0.000321. The van der Waals surface area contributed by atoms with Crippen molar-refractivity contribution in [3.05, 3.63) is 48.0 Å². The third-order valence-corrected chi connectivity index (χ3v) is 5.35. The number of amides is 2. The number of Topliss-reactive ketones (excluding diaryl/α,β-unsaturated/α-hetero) is 1. The summed E-state index contributed by atoms with van der Waals surface area (Å²) in [6.45, 7) is 3.43. The van der Waals surface area contributed by atoms with Gasteiger partial charge >= 0.3 is 0 Å². The molecule has 1 heterocycles. The van der Waals surface area contributed by atoms with E-state index in [9.17, 15) is 14.4 Å². The standard InChI is InChI=1S/C22H24N2O4S/c1-4-6-19(25)15-9-10-20-18(11-15)24(22(27)14(2)28-20)13-21(26)23-16-7-5-8-17(12-16)29-3/h5,7-12,14H,4,6,13H2,1-3H3,(H,23,26). The lowest BCUT2D eigenvalue weighted by molar-refractivity contribution is -0.127. The molecule has 1 N–H and O–H groups in total. The van der Waals surface area contributed by atoms with Gasteiger partial charge in [0.15, 0.2) is 11.9 Å². The Morgan fingerprint density at radius 1 is 1.21 bits per heavy atom. The fraction of sp³-hybridized carbons (Fsp3) is 0.318. The third-order valence-electron chi connectivity index (χ3n) is 4.62. The van der Waals surface area contributed by atoms with E-state index in [1.807, 2.05) is 31.4 Å². The number of rotatable bonds is 7. The second-order valence-corrected chi connectivity index (χ2v) is 7.70. The molecule has 0 fully saturated rings. The summed E-state index contributed by atoms with van der Waals surface area (Å²) in [6, 6.07) is 12.5. The molecule has 0 aliphatic carbocycles. The molecule has 0 spiro atoms. The molecule has 152 valence electrons. The normalized spacial score (nSPS) is 15.5. The van der Waals surface area contributed by atoms with Gasteiger partial charge in [-0.1, -0.05) is 13.0 Å². The number of hydrogen-bond acceptors (Lipinski definition) is 5. The van der Waals surface area contributed by atoms with Gasteiger partial charge in [-0.25, -0.2) is 0 Å². The van der Waals surface area contributed by atoms with Crippen LogP contribution in [0.2, 0.25) is 0 Å². The number of nitrogens with zero attached hydrogens (tertiary/aromatic N) is 1. The van der Waals surface area contributed by atoms with Crippen LogP contribution in [0.3, 0.4) is 0 Å². The number of anilines is 2. The highest BCUT2D eigenvalue weighted by molar-refractivity contribution is 7.98. The maximum atomic E-state index is 12.7. The van der Waals surface area contributed by atoms with Crippen molar-refractivity contribution in [3.8, 4) is 5.75 Å². The molecule has 0 saturated heterocycles. The molecule has 29 heavy (non-hydrogen) atoms. The van der Waals surface area contributed by atoms with Gasteiger partial charge in [-0.15, -0.1) is 11.8 Å². The number of benzene rings is 2. The molecule has 0 saturated carbocycles. The van der Waals surface area contributed by atoms with Crippen molar-refractivity contribution in [1.29, 1.82) is 0 Å². The summed E-state index contributed by atoms with van der Waals surface area (Å²) >= 11 is 1.58. The first-order chi connectivity index (χ1) is 13.9. The fourth-order valence-corrected chi connectivity index (χ4v) is 3.62. The third kappa shape index (κ3) is 4.79. The molecular formula is C22H24N2O4S. The van der Waals surface area contributed by atoms with Crippen LogP contribution in [-0.2, 0) is 9.59 Å². The number of carbonyl (C=O) groups is 3. The minimum Gasteiger partial charge on any atom is -0.479 e. The lowest BCUT2D eigenvalue weighted by Crippen LogP contribution is -2.47. The van der Waals surface area contributed by atoms with Gasteiger partial charge in [0.05, 0.1) is 5.69 Å². The van der Waals surface area contributed by atoms with E-state index in [4.69, 9.17) is 4.74 Å². The Morgan fingerprint density at radius 2 is 2.00 bits per heavy atom. The predicted molar refractivity (Wildman–Crippen MR) is 115 cm³/mol. The SMILES string of the molecule is CCCC(=O)c1ccc2c(c1)N(CC(=O)Nc1cccc(SC)c1)C(=O)C(C)O2. The molecule has 1 aliphatic rings. The average Bonchev–Trinajstić information content (AvgIpc) is 2.71. The van der Waals surface area contributed by atoms with E-state index in [1.54, 1.807) is 43.0 Å². The first-order valence-electron chi connectivity index (χ1n) is 9.52. The molecule has 2 aromatic rings. The molecule has 0 radical (unpaired) electrons. The van der Waals surface area contributed by atoms with E-state index in [1.165, 1.54) is 4.90 Å².